The SMILES string of the molecule is Cc1nc(-c2cccnc2)nc(NCC2(CS(C)(=O)=O)CCOCC2)c1C. The molecule has 1 aliphatic heterocycles. The molecular formula is C19H26N4O3S. The van der Waals surface area contributed by atoms with E-state index in [9.17, 15) is 8.42 Å². The molecule has 146 valence electrons. The number of hydrogen-bond donors (Lipinski definition) is 1. The van der Waals surface area contributed by atoms with Crippen molar-refractivity contribution in [2.75, 3.05) is 37.1 Å². The fourth-order valence-corrected chi connectivity index (χ4v) is 4.93. The van der Waals surface area contributed by atoms with E-state index in [1.165, 1.54) is 6.26 Å². The zero-order valence-corrected chi connectivity index (χ0v) is 16.8. The Morgan fingerprint density at radius 1 is 1.22 bits per heavy atom. The maximum atomic E-state index is 12.0. The summed E-state index contributed by atoms with van der Waals surface area (Å²) in [5, 5.41) is 3.41. The lowest BCUT2D eigenvalue weighted by atomic mass is 9.82. The van der Waals surface area contributed by atoms with E-state index in [-0.39, 0.29) is 11.2 Å². The highest BCUT2D eigenvalue weighted by Gasteiger charge is 2.36. The second kappa shape index (κ2) is 7.90. The maximum absolute atomic E-state index is 12.0. The van der Waals surface area contributed by atoms with E-state index >= 15 is 0 Å². The van der Waals surface area contributed by atoms with Crippen molar-refractivity contribution in [1.82, 2.24) is 15.0 Å². The van der Waals surface area contributed by atoms with E-state index in [2.05, 4.69) is 20.3 Å². The Morgan fingerprint density at radius 2 is 1.96 bits per heavy atom. The number of nitrogens with zero attached hydrogens (tertiary/aromatic N) is 3. The normalized spacial score (nSPS) is 16.9. The molecular weight excluding hydrogens is 364 g/mol. The van der Waals surface area contributed by atoms with Gasteiger partial charge < -0.3 is 10.1 Å². The molecule has 0 saturated carbocycles. The van der Waals surface area contributed by atoms with E-state index in [0.29, 0.717) is 38.4 Å². The highest BCUT2D eigenvalue weighted by atomic mass is 32.2. The fourth-order valence-electron chi connectivity index (χ4n) is 3.43. The number of rotatable bonds is 6. The minimum Gasteiger partial charge on any atom is -0.381 e. The van der Waals surface area contributed by atoms with Crippen LogP contribution in [0.1, 0.15) is 24.1 Å². The zero-order valence-electron chi connectivity index (χ0n) is 16.0. The monoisotopic (exact) mass is 390 g/mol. The van der Waals surface area contributed by atoms with Gasteiger partial charge in [-0.2, -0.15) is 0 Å². The summed E-state index contributed by atoms with van der Waals surface area (Å²) in [6.45, 7) is 5.62. The number of aromatic nitrogens is 3. The minimum absolute atomic E-state index is 0.148. The average Bonchev–Trinajstić information content (AvgIpc) is 2.63. The molecule has 2 aromatic rings. The predicted molar refractivity (Wildman–Crippen MR) is 105 cm³/mol. The topological polar surface area (TPSA) is 94.1 Å². The number of pyridine rings is 1. The molecule has 0 atom stereocenters. The predicted octanol–water partition coefficient (Wildman–Crippen LogP) is 2.41. The molecule has 1 aliphatic rings. The first-order valence-corrected chi connectivity index (χ1v) is 11.1. The van der Waals surface area contributed by atoms with Gasteiger partial charge in [-0.3, -0.25) is 4.98 Å². The molecule has 7 nitrogen and oxygen atoms in total. The lowest BCUT2D eigenvalue weighted by Crippen LogP contribution is -2.41. The van der Waals surface area contributed by atoms with Crippen LogP contribution in [0.2, 0.25) is 0 Å². The van der Waals surface area contributed by atoms with Gasteiger partial charge in [0.25, 0.3) is 0 Å². The van der Waals surface area contributed by atoms with E-state index in [0.717, 1.165) is 22.6 Å². The summed E-state index contributed by atoms with van der Waals surface area (Å²) >= 11 is 0. The molecule has 0 aromatic carbocycles. The van der Waals surface area contributed by atoms with Crippen LogP contribution in [-0.2, 0) is 14.6 Å². The summed E-state index contributed by atoms with van der Waals surface area (Å²) < 4.78 is 29.4. The van der Waals surface area contributed by atoms with Crippen LogP contribution in [0.25, 0.3) is 11.4 Å². The standard InChI is InChI=1S/C19H26N4O3S/c1-14-15(2)22-18(16-5-4-8-20-11-16)23-17(14)21-12-19(13-27(3,24)25)6-9-26-10-7-19/h4-5,8,11H,6-7,9-10,12-13H2,1-3H3,(H,21,22,23). The Kier molecular flexibility index (Phi) is 5.76. The summed E-state index contributed by atoms with van der Waals surface area (Å²) in [6, 6.07) is 3.77. The van der Waals surface area contributed by atoms with Crippen molar-refractivity contribution in [1.29, 1.82) is 0 Å². The Labute approximate surface area is 160 Å². The number of aryl methyl sites for hydroxylation is 1. The van der Waals surface area contributed by atoms with Crippen LogP contribution >= 0.6 is 0 Å². The molecule has 0 unspecified atom stereocenters. The second-order valence-electron chi connectivity index (χ2n) is 7.38. The van der Waals surface area contributed by atoms with Crippen LogP contribution < -0.4 is 5.32 Å². The largest absolute Gasteiger partial charge is 0.381 e. The highest BCUT2D eigenvalue weighted by Crippen LogP contribution is 2.33. The lowest BCUT2D eigenvalue weighted by molar-refractivity contribution is 0.0315. The van der Waals surface area contributed by atoms with Gasteiger partial charge in [-0.05, 0) is 38.8 Å². The van der Waals surface area contributed by atoms with Gasteiger partial charge in [0.15, 0.2) is 5.82 Å². The Morgan fingerprint density at radius 3 is 2.59 bits per heavy atom. The van der Waals surface area contributed by atoms with Crippen molar-refractivity contribution < 1.29 is 13.2 Å². The highest BCUT2D eigenvalue weighted by molar-refractivity contribution is 7.90. The lowest BCUT2D eigenvalue weighted by Gasteiger charge is -2.37. The molecule has 0 radical (unpaired) electrons. The van der Waals surface area contributed by atoms with Gasteiger partial charge >= 0.3 is 0 Å². The number of ether oxygens (including phenoxy) is 1. The van der Waals surface area contributed by atoms with Crippen molar-refractivity contribution >= 4 is 15.7 Å². The Bertz CT molecular complexity index is 895. The fraction of sp³-hybridized carbons (Fsp3) is 0.526. The molecule has 1 fully saturated rings. The summed E-state index contributed by atoms with van der Waals surface area (Å²) in [4.78, 5) is 13.4. The van der Waals surface area contributed by atoms with Crippen molar-refractivity contribution in [3.05, 3.63) is 35.8 Å². The van der Waals surface area contributed by atoms with Crippen LogP contribution in [0, 0.1) is 19.3 Å². The van der Waals surface area contributed by atoms with Gasteiger partial charge in [-0.15, -0.1) is 0 Å². The van der Waals surface area contributed by atoms with Gasteiger partial charge in [0.1, 0.15) is 15.7 Å². The third kappa shape index (κ3) is 5.01. The third-order valence-electron chi connectivity index (χ3n) is 5.06. The summed E-state index contributed by atoms with van der Waals surface area (Å²) in [6.07, 6.45) is 6.17. The molecule has 2 aromatic heterocycles. The molecule has 27 heavy (non-hydrogen) atoms. The minimum atomic E-state index is -3.09. The first-order valence-electron chi connectivity index (χ1n) is 9.03. The van der Waals surface area contributed by atoms with Crippen LogP contribution in [-0.4, -0.2) is 55.1 Å². The van der Waals surface area contributed by atoms with Gasteiger partial charge in [0.2, 0.25) is 0 Å². The zero-order chi connectivity index (χ0) is 19.5. The molecule has 3 heterocycles. The van der Waals surface area contributed by atoms with E-state index in [1.54, 1.807) is 12.4 Å². The first-order chi connectivity index (χ1) is 12.8. The van der Waals surface area contributed by atoms with Gasteiger partial charge in [0, 0.05) is 60.6 Å². The Balaban J connectivity index is 1.86. The van der Waals surface area contributed by atoms with Crippen LogP contribution in [0.5, 0.6) is 0 Å². The summed E-state index contributed by atoms with van der Waals surface area (Å²) in [5.41, 5.74) is 2.35. The quantitative estimate of drug-likeness (QED) is 0.809. The number of sulfone groups is 1. The third-order valence-corrected chi connectivity index (χ3v) is 6.20. The average molecular weight is 391 g/mol. The van der Waals surface area contributed by atoms with Crippen molar-refractivity contribution in [2.45, 2.75) is 26.7 Å². The van der Waals surface area contributed by atoms with Gasteiger partial charge in [-0.25, -0.2) is 18.4 Å². The molecule has 0 amide bonds. The van der Waals surface area contributed by atoms with Gasteiger partial charge in [0.05, 0.1) is 5.75 Å². The van der Waals surface area contributed by atoms with Crippen molar-refractivity contribution in [3.63, 3.8) is 0 Å². The number of nitrogens with one attached hydrogen (secondary N) is 1. The molecule has 0 spiro atoms. The number of hydrogen-bond acceptors (Lipinski definition) is 7. The molecule has 1 saturated heterocycles. The van der Waals surface area contributed by atoms with Crippen molar-refractivity contribution in [3.8, 4) is 11.4 Å². The second-order valence-corrected chi connectivity index (χ2v) is 9.52. The first kappa shape index (κ1) is 19.7. The van der Waals surface area contributed by atoms with E-state index in [4.69, 9.17) is 4.74 Å². The van der Waals surface area contributed by atoms with E-state index < -0.39 is 9.84 Å². The van der Waals surface area contributed by atoms with Gasteiger partial charge in [-0.1, -0.05) is 0 Å². The Hall–Kier alpha value is -2.06. The van der Waals surface area contributed by atoms with Crippen molar-refractivity contribution in [2.24, 2.45) is 5.41 Å². The molecule has 0 aliphatic carbocycles. The summed E-state index contributed by atoms with van der Waals surface area (Å²) in [5.74, 6) is 1.49. The molecule has 8 heteroatoms. The molecule has 3 rings (SSSR count). The van der Waals surface area contributed by atoms with Crippen LogP contribution in [0.4, 0.5) is 5.82 Å². The summed E-state index contributed by atoms with van der Waals surface area (Å²) in [7, 11) is -3.09. The van der Waals surface area contributed by atoms with Crippen LogP contribution in [0.3, 0.4) is 0 Å². The van der Waals surface area contributed by atoms with E-state index in [1.807, 2.05) is 26.0 Å². The smallest absolute Gasteiger partial charge is 0.163 e. The number of anilines is 1. The molecule has 1 N–H and O–H groups in total. The van der Waals surface area contributed by atoms with Crippen LogP contribution in [0.15, 0.2) is 24.5 Å². The maximum Gasteiger partial charge on any atom is 0.163 e. The molecule has 0 bridgehead atoms.